The molecule has 1 atom stereocenters. The number of carbonyl (C=O) groups is 2. The molecule has 1 aliphatic rings. The van der Waals surface area contributed by atoms with Crippen LogP contribution in [0.25, 0.3) is 0 Å². The van der Waals surface area contributed by atoms with Gasteiger partial charge in [0.25, 0.3) is 0 Å². The summed E-state index contributed by atoms with van der Waals surface area (Å²) in [4.78, 5) is 24.3. The van der Waals surface area contributed by atoms with Crippen molar-refractivity contribution in [3.63, 3.8) is 0 Å². The first kappa shape index (κ1) is 14.4. The normalized spacial score (nSPS) is 19.6. The second-order valence-corrected chi connectivity index (χ2v) is 5.52. The molecule has 0 bridgehead atoms. The van der Waals surface area contributed by atoms with E-state index in [2.05, 4.69) is 6.92 Å². The van der Waals surface area contributed by atoms with Crippen molar-refractivity contribution in [2.75, 3.05) is 18.1 Å². The molecule has 0 unspecified atom stereocenters. The molecule has 0 aromatic rings. The molecule has 5 heteroatoms. The van der Waals surface area contributed by atoms with E-state index in [0.717, 1.165) is 17.9 Å². The lowest BCUT2D eigenvalue weighted by molar-refractivity contribution is -0.148. The van der Waals surface area contributed by atoms with Gasteiger partial charge in [-0.1, -0.05) is 13.3 Å². The molecule has 1 heterocycles. The third-order valence-electron chi connectivity index (χ3n) is 2.96. The monoisotopic (exact) mass is 259 g/mol. The number of carboxylic acids is 1. The van der Waals surface area contributed by atoms with Crippen molar-refractivity contribution in [2.45, 2.75) is 45.1 Å². The van der Waals surface area contributed by atoms with Gasteiger partial charge in [0.05, 0.1) is 0 Å². The van der Waals surface area contributed by atoms with Crippen LogP contribution in [0, 0.1) is 0 Å². The minimum atomic E-state index is -0.866. The second kappa shape index (κ2) is 7.58. The van der Waals surface area contributed by atoms with Gasteiger partial charge in [0.15, 0.2) is 0 Å². The highest BCUT2D eigenvalue weighted by molar-refractivity contribution is 7.99. The van der Waals surface area contributed by atoms with Gasteiger partial charge in [-0.05, 0) is 25.0 Å². The number of rotatable bonds is 7. The van der Waals surface area contributed by atoms with Gasteiger partial charge < -0.3 is 10.0 Å². The molecule has 0 saturated carbocycles. The largest absolute Gasteiger partial charge is 0.480 e. The van der Waals surface area contributed by atoms with Crippen LogP contribution in [-0.2, 0) is 9.59 Å². The first-order chi connectivity index (χ1) is 8.16. The van der Waals surface area contributed by atoms with E-state index < -0.39 is 12.0 Å². The molecule has 1 N–H and O–H groups in total. The van der Waals surface area contributed by atoms with Crippen molar-refractivity contribution in [1.29, 1.82) is 0 Å². The van der Waals surface area contributed by atoms with Crippen molar-refractivity contribution < 1.29 is 14.7 Å². The SMILES string of the molecule is CCCCSCCC(=O)N1CCC[C@@H]1C(=O)O. The average molecular weight is 259 g/mol. The summed E-state index contributed by atoms with van der Waals surface area (Å²) in [6, 6.07) is -0.580. The molecule has 0 aliphatic carbocycles. The highest BCUT2D eigenvalue weighted by atomic mass is 32.2. The van der Waals surface area contributed by atoms with E-state index in [1.165, 1.54) is 17.7 Å². The zero-order valence-corrected chi connectivity index (χ0v) is 11.2. The number of likely N-dealkylation sites (tertiary alicyclic amines) is 1. The molecule has 98 valence electrons. The lowest BCUT2D eigenvalue weighted by Gasteiger charge is -2.21. The standard InChI is InChI=1S/C12H21NO3S/c1-2-3-8-17-9-6-11(14)13-7-4-5-10(13)12(15)16/h10H,2-9H2,1H3,(H,15,16)/t10-/m1/s1. The molecule has 1 fully saturated rings. The van der Waals surface area contributed by atoms with Crippen LogP contribution in [0.4, 0.5) is 0 Å². The number of unbranched alkanes of at least 4 members (excludes halogenated alkanes) is 1. The van der Waals surface area contributed by atoms with Gasteiger partial charge in [-0.3, -0.25) is 4.79 Å². The fourth-order valence-electron chi connectivity index (χ4n) is 1.97. The Morgan fingerprint density at radius 1 is 1.41 bits per heavy atom. The Morgan fingerprint density at radius 2 is 2.18 bits per heavy atom. The number of aliphatic carboxylic acids is 1. The van der Waals surface area contributed by atoms with Crippen molar-refractivity contribution in [1.82, 2.24) is 4.90 Å². The number of amides is 1. The maximum Gasteiger partial charge on any atom is 0.326 e. The molecule has 1 saturated heterocycles. The van der Waals surface area contributed by atoms with E-state index >= 15 is 0 Å². The van der Waals surface area contributed by atoms with Crippen LogP contribution in [0.3, 0.4) is 0 Å². The highest BCUT2D eigenvalue weighted by Crippen LogP contribution is 2.19. The third kappa shape index (κ3) is 4.58. The number of thioether (sulfide) groups is 1. The first-order valence-electron chi connectivity index (χ1n) is 6.26. The molecule has 1 aliphatic heterocycles. The molecule has 1 amide bonds. The topological polar surface area (TPSA) is 57.6 Å². The maximum atomic E-state index is 11.8. The van der Waals surface area contributed by atoms with Crippen LogP contribution >= 0.6 is 11.8 Å². The Hall–Kier alpha value is -0.710. The summed E-state index contributed by atoms with van der Waals surface area (Å²) in [5.74, 6) is 1.03. The van der Waals surface area contributed by atoms with Gasteiger partial charge in [0, 0.05) is 18.7 Å². The summed E-state index contributed by atoms with van der Waals surface area (Å²) in [5.41, 5.74) is 0. The van der Waals surface area contributed by atoms with Gasteiger partial charge in [-0.2, -0.15) is 11.8 Å². The number of carbonyl (C=O) groups excluding carboxylic acids is 1. The fourth-order valence-corrected chi connectivity index (χ4v) is 2.99. The van der Waals surface area contributed by atoms with Crippen molar-refractivity contribution >= 4 is 23.6 Å². The van der Waals surface area contributed by atoms with Crippen LogP contribution in [0.2, 0.25) is 0 Å². The van der Waals surface area contributed by atoms with Gasteiger partial charge in [0.2, 0.25) is 5.91 Å². The summed E-state index contributed by atoms with van der Waals surface area (Å²) in [6.07, 6.45) is 4.24. The summed E-state index contributed by atoms with van der Waals surface area (Å²) >= 11 is 1.78. The van der Waals surface area contributed by atoms with Crippen LogP contribution < -0.4 is 0 Å². The van der Waals surface area contributed by atoms with Gasteiger partial charge in [-0.15, -0.1) is 0 Å². The molecule has 0 radical (unpaired) electrons. The minimum Gasteiger partial charge on any atom is -0.480 e. The van der Waals surface area contributed by atoms with Crippen molar-refractivity contribution in [3.05, 3.63) is 0 Å². The summed E-state index contributed by atoms with van der Waals surface area (Å²) < 4.78 is 0. The number of hydrogen-bond donors (Lipinski definition) is 1. The number of nitrogens with zero attached hydrogens (tertiary/aromatic N) is 1. The summed E-state index contributed by atoms with van der Waals surface area (Å²) in [7, 11) is 0. The maximum absolute atomic E-state index is 11.8. The van der Waals surface area contributed by atoms with Crippen molar-refractivity contribution in [2.24, 2.45) is 0 Å². The van der Waals surface area contributed by atoms with Crippen LogP contribution in [0.15, 0.2) is 0 Å². The van der Waals surface area contributed by atoms with Gasteiger partial charge >= 0.3 is 5.97 Å². The third-order valence-corrected chi connectivity index (χ3v) is 4.03. The van der Waals surface area contributed by atoms with Crippen LogP contribution in [0.5, 0.6) is 0 Å². The zero-order chi connectivity index (χ0) is 12.7. The quantitative estimate of drug-likeness (QED) is 0.710. The minimum absolute atomic E-state index is 0.00102. The molecule has 4 nitrogen and oxygen atoms in total. The Kier molecular flexibility index (Phi) is 6.40. The Bertz CT molecular complexity index is 270. The summed E-state index contributed by atoms with van der Waals surface area (Å²) in [5, 5.41) is 8.98. The fraction of sp³-hybridized carbons (Fsp3) is 0.833. The highest BCUT2D eigenvalue weighted by Gasteiger charge is 2.33. The van der Waals surface area contributed by atoms with E-state index in [1.54, 1.807) is 11.8 Å². The lowest BCUT2D eigenvalue weighted by Crippen LogP contribution is -2.40. The molecule has 0 aromatic heterocycles. The molecular weight excluding hydrogens is 238 g/mol. The van der Waals surface area contributed by atoms with Crippen LogP contribution in [-0.4, -0.2) is 46.0 Å². The van der Waals surface area contributed by atoms with Crippen LogP contribution in [0.1, 0.15) is 39.0 Å². The van der Waals surface area contributed by atoms with E-state index in [0.29, 0.717) is 19.4 Å². The van der Waals surface area contributed by atoms with E-state index in [4.69, 9.17) is 5.11 Å². The molecule has 0 aromatic carbocycles. The number of hydrogen-bond acceptors (Lipinski definition) is 3. The molecule has 1 rings (SSSR count). The predicted octanol–water partition coefficient (Wildman–Crippen LogP) is 1.99. The second-order valence-electron chi connectivity index (χ2n) is 4.30. The Labute approximate surface area is 107 Å². The van der Waals surface area contributed by atoms with E-state index in [1.807, 2.05) is 0 Å². The average Bonchev–Trinajstić information content (AvgIpc) is 2.77. The molecular formula is C12H21NO3S. The number of carboxylic acid groups (broad SMARTS) is 1. The predicted molar refractivity (Wildman–Crippen MR) is 69.2 cm³/mol. The molecule has 17 heavy (non-hydrogen) atoms. The smallest absolute Gasteiger partial charge is 0.326 e. The van der Waals surface area contributed by atoms with Gasteiger partial charge in [-0.25, -0.2) is 4.79 Å². The van der Waals surface area contributed by atoms with E-state index in [9.17, 15) is 9.59 Å². The lowest BCUT2D eigenvalue weighted by atomic mass is 10.2. The zero-order valence-electron chi connectivity index (χ0n) is 10.4. The Morgan fingerprint density at radius 3 is 2.82 bits per heavy atom. The summed E-state index contributed by atoms with van der Waals surface area (Å²) in [6.45, 7) is 2.75. The Balaban J connectivity index is 2.25. The molecule has 0 spiro atoms. The first-order valence-corrected chi connectivity index (χ1v) is 7.42. The van der Waals surface area contributed by atoms with Crippen molar-refractivity contribution in [3.8, 4) is 0 Å². The van der Waals surface area contributed by atoms with Gasteiger partial charge in [0.1, 0.15) is 6.04 Å². The van der Waals surface area contributed by atoms with E-state index in [-0.39, 0.29) is 5.91 Å².